The van der Waals surface area contributed by atoms with E-state index in [1.807, 2.05) is 21.6 Å². The molecule has 0 saturated heterocycles. The molecule has 2 aliphatic carbocycles. The van der Waals surface area contributed by atoms with Crippen molar-refractivity contribution in [2.45, 2.75) is 91.8 Å². The molecule has 1 aromatic heterocycles. The molecule has 4 unspecified atom stereocenters. The number of hydrogen-bond acceptors (Lipinski definition) is 6. The molecule has 50 heavy (non-hydrogen) atoms. The van der Waals surface area contributed by atoms with Crippen LogP contribution in [0.1, 0.15) is 78.7 Å². The average Bonchev–Trinajstić information content (AvgIpc) is 3.13. The summed E-state index contributed by atoms with van der Waals surface area (Å²) in [6, 6.07) is 5.40. The molecular weight excluding hydrogens is 657 g/mol. The molecule has 0 radical (unpaired) electrons. The topological polar surface area (TPSA) is 53.8 Å². The first-order valence-electron chi connectivity index (χ1n) is 18.9. The number of aromatic nitrogens is 1. The van der Waals surface area contributed by atoms with Gasteiger partial charge >= 0.3 is 0 Å². The fourth-order valence-electron chi connectivity index (χ4n) is 7.29. The number of hydrogen-bond donors (Lipinski definition) is 2. The molecule has 3 aliphatic rings. The first kappa shape index (κ1) is 40.6. The molecule has 8 heteroatoms. The van der Waals surface area contributed by atoms with Gasteiger partial charge in [0, 0.05) is 49.6 Å². The molecule has 6 nitrogen and oxygen atoms in total. The lowest BCUT2D eigenvalue weighted by molar-refractivity contribution is -0.692. The lowest BCUT2D eigenvalue weighted by Crippen LogP contribution is -2.37. The largest absolute Gasteiger partial charge is 0.395 e. The number of rotatable bonds is 20. The molecule has 0 amide bonds. The van der Waals surface area contributed by atoms with Gasteiger partial charge in [0.15, 0.2) is 31.7 Å². The quantitative estimate of drug-likeness (QED) is 0.0837. The molecule has 1 aliphatic heterocycles. The summed E-state index contributed by atoms with van der Waals surface area (Å²) in [5.74, 6) is 3.15. The Morgan fingerprint density at radius 2 is 1.64 bits per heavy atom. The Bertz CT molecular complexity index is 1440. The van der Waals surface area contributed by atoms with Crippen molar-refractivity contribution in [2.24, 2.45) is 5.92 Å². The number of allylic oxidation sites excluding steroid dienone is 7. The van der Waals surface area contributed by atoms with E-state index in [9.17, 15) is 10.2 Å². The summed E-state index contributed by atoms with van der Waals surface area (Å²) in [4.78, 5) is 4.71. The summed E-state index contributed by atoms with van der Waals surface area (Å²) >= 11 is 0. The van der Waals surface area contributed by atoms with Gasteiger partial charge in [-0.05, 0) is 81.8 Å². The van der Waals surface area contributed by atoms with Crippen molar-refractivity contribution < 1.29 is 19.4 Å². The molecule has 274 valence electrons. The van der Waals surface area contributed by atoms with E-state index >= 15 is 0 Å². The van der Waals surface area contributed by atoms with E-state index in [1.165, 1.54) is 33.4 Å². The average molecular weight is 721 g/mol. The Morgan fingerprint density at radius 3 is 2.24 bits per heavy atom. The van der Waals surface area contributed by atoms with Crippen LogP contribution in [0.4, 0.5) is 0 Å². The monoisotopic (exact) mass is 720 g/mol. The molecule has 4 atom stereocenters. The van der Waals surface area contributed by atoms with Gasteiger partial charge in [-0.15, -0.1) is 0 Å². The maximum absolute atomic E-state index is 9.40. The Balaban J connectivity index is 1.12. The van der Waals surface area contributed by atoms with Crippen LogP contribution in [-0.4, -0.2) is 100 Å². The summed E-state index contributed by atoms with van der Waals surface area (Å²) in [6.07, 6.45) is 27.5. The van der Waals surface area contributed by atoms with E-state index in [-0.39, 0.29) is 13.2 Å². The normalized spacial score (nSPS) is 21.9. The van der Waals surface area contributed by atoms with E-state index in [1.54, 1.807) is 0 Å². The predicted molar refractivity (Wildman–Crippen MR) is 216 cm³/mol. The molecule has 0 spiro atoms. The summed E-state index contributed by atoms with van der Waals surface area (Å²) in [7, 11) is 3.95. The van der Waals surface area contributed by atoms with Crippen molar-refractivity contribution in [3.8, 4) is 0 Å². The molecule has 2 heterocycles. The zero-order valence-electron chi connectivity index (χ0n) is 31.6. The fourth-order valence-corrected chi connectivity index (χ4v) is 9.26. The smallest absolute Gasteiger partial charge is 0.169 e. The molecule has 0 saturated carbocycles. The highest BCUT2D eigenvalue weighted by molar-refractivity contribution is 8.76. The van der Waals surface area contributed by atoms with Crippen LogP contribution in [0, 0.1) is 5.92 Å². The van der Waals surface area contributed by atoms with Crippen LogP contribution in [-0.2, 0) is 6.54 Å². The Hall–Kier alpha value is -2.20. The second-order valence-corrected chi connectivity index (χ2v) is 16.8. The van der Waals surface area contributed by atoms with Crippen LogP contribution in [0.3, 0.4) is 0 Å². The first-order chi connectivity index (χ1) is 24.3. The van der Waals surface area contributed by atoms with E-state index in [0.717, 1.165) is 76.5 Å². The highest BCUT2D eigenvalue weighted by atomic mass is 33.1. The second kappa shape index (κ2) is 21.4. The van der Waals surface area contributed by atoms with Gasteiger partial charge in [-0.25, -0.2) is 9.14 Å². The van der Waals surface area contributed by atoms with Crippen LogP contribution in [0.5, 0.6) is 0 Å². The summed E-state index contributed by atoms with van der Waals surface area (Å²) in [6.45, 7) is 19.4. The fraction of sp³-hybridized carbons (Fsp3) is 0.571. The maximum atomic E-state index is 9.40. The number of pyridine rings is 1. The van der Waals surface area contributed by atoms with Crippen molar-refractivity contribution in [2.75, 3.05) is 57.4 Å². The van der Waals surface area contributed by atoms with Crippen molar-refractivity contribution in [3.05, 3.63) is 101 Å². The summed E-state index contributed by atoms with van der Waals surface area (Å²) in [5, 5.41) is 18.8. The molecule has 0 aromatic carbocycles. The van der Waals surface area contributed by atoms with Gasteiger partial charge in [0.2, 0.25) is 0 Å². The minimum Gasteiger partial charge on any atom is -0.395 e. The van der Waals surface area contributed by atoms with Gasteiger partial charge in [0.25, 0.3) is 0 Å². The lowest BCUT2D eigenvalue weighted by Gasteiger charge is -2.31. The van der Waals surface area contributed by atoms with Crippen molar-refractivity contribution in [3.63, 3.8) is 0 Å². The van der Waals surface area contributed by atoms with Crippen LogP contribution >= 0.6 is 21.6 Å². The third-order valence-electron chi connectivity index (χ3n) is 10.6. The number of aryl methyl sites for hydroxylation is 1. The SMILES string of the molecule is CCN(CCO)C1C=C(C)C(CC(C)c2cc[n+](CCSSCC[N+]3=CCC(/C(C)=C/C4=C(C)CC(N(CC)CCO)C=C4)C=C3)cc2)=CC1. The molecule has 0 fully saturated rings. The first-order valence-corrected chi connectivity index (χ1v) is 21.4. The minimum absolute atomic E-state index is 0.214. The molecule has 2 N–H and O–H groups in total. The Kier molecular flexibility index (Phi) is 17.3. The Labute approximate surface area is 311 Å². The van der Waals surface area contributed by atoms with Gasteiger partial charge in [0.05, 0.1) is 24.7 Å². The van der Waals surface area contributed by atoms with E-state index in [0.29, 0.717) is 23.9 Å². The molecule has 1 aromatic rings. The number of aliphatic hydroxyl groups is 2. The molecule has 4 rings (SSSR count). The second-order valence-electron chi connectivity index (χ2n) is 14.1. The summed E-state index contributed by atoms with van der Waals surface area (Å²) < 4.78 is 4.67. The van der Waals surface area contributed by atoms with Gasteiger partial charge in [0.1, 0.15) is 6.21 Å². The third-order valence-corrected chi connectivity index (χ3v) is 13.0. The predicted octanol–water partition coefficient (Wildman–Crippen LogP) is 7.33. The zero-order chi connectivity index (χ0) is 35.9. The van der Waals surface area contributed by atoms with E-state index < -0.39 is 0 Å². The zero-order valence-corrected chi connectivity index (χ0v) is 33.3. The number of aliphatic hydroxyl groups excluding tert-OH is 2. The molecule has 0 bridgehead atoms. The van der Waals surface area contributed by atoms with Crippen LogP contribution < -0.4 is 4.57 Å². The highest BCUT2D eigenvalue weighted by Crippen LogP contribution is 2.31. The van der Waals surface area contributed by atoms with Gasteiger partial charge in [-0.1, -0.05) is 89.5 Å². The Morgan fingerprint density at radius 1 is 0.960 bits per heavy atom. The number of nitrogens with zero attached hydrogens (tertiary/aromatic N) is 4. The van der Waals surface area contributed by atoms with E-state index in [4.69, 9.17) is 0 Å². The van der Waals surface area contributed by atoms with Gasteiger partial charge < -0.3 is 10.2 Å². The minimum atomic E-state index is 0.214. The lowest BCUT2D eigenvalue weighted by atomic mass is 9.86. The van der Waals surface area contributed by atoms with Gasteiger partial charge in [-0.3, -0.25) is 9.80 Å². The van der Waals surface area contributed by atoms with Crippen LogP contribution in [0.25, 0.3) is 0 Å². The van der Waals surface area contributed by atoms with Crippen LogP contribution in [0.2, 0.25) is 0 Å². The van der Waals surface area contributed by atoms with Crippen molar-refractivity contribution in [1.29, 1.82) is 0 Å². The van der Waals surface area contributed by atoms with Crippen molar-refractivity contribution >= 4 is 27.8 Å². The third kappa shape index (κ3) is 12.2. The highest BCUT2D eigenvalue weighted by Gasteiger charge is 2.22. The number of likely N-dealkylation sites (N-methyl/N-ethyl adjacent to an activating group) is 2. The molecular formula is C42H64N4O2S2+2. The summed E-state index contributed by atoms with van der Waals surface area (Å²) in [5.41, 5.74) is 8.46. The van der Waals surface area contributed by atoms with Crippen LogP contribution in [0.15, 0.2) is 95.0 Å². The van der Waals surface area contributed by atoms with Gasteiger partial charge in [-0.2, -0.15) is 0 Å². The van der Waals surface area contributed by atoms with E-state index in [2.05, 4.69) is 134 Å². The maximum Gasteiger partial charge on any atom is 0.169 e. The standard InChI is InChI=1S/C42H64N4O2S2/c1-7-45(21-25-47)41-11-9-39(35(5)31-41)29-33(3)37-13-17-43(18-14-37)23-27-49-50-28-24-44-19-15-38(16-20-44)34(4)30-40-10-12-42(32-36(40)6)46(8-2)22-26-48/h9-11,13,15-20,29,32,34,37,41-42,47-48H,7-8,12,14,21-28,30-31H2,1-6H3/q+2/b33-29+. The van der Waals surface area contributed by atoms with Crippen molar-refractivity contribution in [1.82, 2.24) is 9.80 Å².